The van der Waals surface area contributed by atoms with Crippen LogP contribution in [0.4, 0.5) is 31.8 Å². The zero-order chi connectivity index (χ0) is 28.2. The number of piperidine rings is 1. The molecule has 1 fully saturated rings. The van der Waals surface area contributed by atoms with Gasteiger partial charge in [0.1, 0.15) is 17.2 Å². The van der Waals surface area contributed by atoms with Crippen molar-refractivity contribution in [3.05, 3.63) is 83.7 Å². The molecule has 2 aliphatic rings. The van der Waals surface area contributed by atoms with Crippen LogP contribution in [0.15, 0.2) is 66.3 Å². The molecular weight excluding hydrogens is 512 g/mol. The number of likely N-dealkylation sites (tertiary alicyclic amines) is 1. The Kier molecular flexibility index (Phi) is 8.16. The lowest BCUT2D eigenvalue weighted by Crippen LogP contribution is -2.45. The number of anilines is 3. The summed E-state index contributed by atoms with van der Waals surface area (Å²) in [4.78, 5) is 28.2. The summed E-state index contributed by atoms with van der Waals surface area (Å²) in [7, 11) is 0. The Morgan fingerprint density at radius 3 is 2.73 bits per heavy atom. The molecule has 3 N–H and O–H groups in total. The molecular formula is C30H33F2N7O. The summed E-state index contributed by atoms with van der Waals surface area (Å²) in [6, 6.07) is 13.1. The third-order valence-corrected chi connectivity index (χ3v) is 7.71. The van der Waals surface area contributed by atoms with E-state index in [1.54, 1.807) is 12.3 Å². The van der Waals surface area contributed by atoms with Gasteiger partial charge in [0.25, 0.3) is 6.43 Å². The van der Waals surface area contributed by atoms with E-state index in [-0.39, 0.29) is 30.0 Å². The number of nitrogen functional groups attached to an aromatic ring is 1. The monoisotopic (exact) mass is 545 g/mol. The number of amides is 1. The van der Waals surface area contributed by atoms with Gasteiger partial charge in [-0.2, -0.15) is 0 Å². The van der Waals surface area contributed by atoms with Crippen LogP contribution in [0.25, 0.3) is 0 Å². The van der Waals surface area contributed by atoms with Gasteiger partial charge in [-0.25, -0.2) is 18.7 Å². The summed E-state index contributed by atoms with van der Waals surface area (Å²) in [5, 5.41) is 3.80. The predicted octanol–water partition coefficient (Wildman–Crippen LogP) is 5.42. The van der Waals surface area contributed by atoms with Crippen LogP contribution in [0, 0.1) is 0 Å². The van der Waals surface area contributed by atoms with Crippen LogP contribution in [-0.4, -0.2) is 46.6 Å². The topological polar surface area (TPSA) is 99.7 Å². The summed E-state index contributed by atoms with van der Waals surface area (Å²) in [5.74, 6) is 0.625. The number of fused-ring (bicyclic) bond motifs is 1. The van der Waals surface area contributed by atoms with E-state index in [9.17, 15) is 13.6 Å². The molecule has 2 aromatic heterocycles. The average Bonchev–Trinajstić information content (AvgIpc) is 3.38. The first kappa shape index (κ1) is 27.4. The number of nitrogens with two attached hydrogens (primary N) is 1. The quantitative estimate of drug-likeness (QED) is 0.275. The van der Waals surface area contributed by atoms with E-state index in [1.807, 2.05) is 21.9 Å². The minimum atomic E-state index is -2.73. The van der Waals surface area contributed by atoms with E-state index >= 15 is 0 Å². The molecule has 0 saturated carbocycles. The van der Waals surface area contributed by atoms with Gasteiger partial charge in [-0.3, -0.25) is 9.79 Å². The van der Waals surface area contributed by atoms with Crippen molar-refractivity contribution in [1.82, 2.24) is 20.2 Å². The Hall–Kier alpha value is -4.18. The summed E-state index contributed by atoms with van der Waals surface area (Å²) < 4.78 is 27.3. The first-order valence-corrected chi connectivity index (χ1v) is 13.4. The third kappa shape index (κ3) is 5.72. The largest absolute Gasteiger partial charge is 0.383 e. The Bertz CT molecular complexity index is 1400. The highest BCUT2D eigenvalue weighted by molar-refractivity contribution is 5.87. The van der Waals surface area contributed by atoms with Gasteiger partial charge in [-0.15, -0.1) is 0 Å². The molecule has 1 aliphatic heterocycles. The van der Waals surface area contributed by atoms with Gasteiger partial charge >= 0.3 is 0 Å². The van der Waals surface area contributed by atoms with Crippen LogP contribution in [-0.2, 0) is 17.8 Å². The van der Waals surface area contributed by atoms with Gasteiger partial charge in [0.05, 0.1) is 6.54 Å². The van der Waals surface area contributed by atoms with Gasteiger partial charge in [0.2, 0.25) is 5.91 Å². The second-order valence-electron chi connectivity index (χ2n) is 10.1. The summed E-state index contributed by atoms with van der Waals surface area (Å²) >= 11 is 0. The molecule has 40 heavy (non-hydrogen) atoms. The third-order valence-electron chi connectivity index (χ3n) is 7.71. The Morgan fingerprint density at radius 2 is 2.02 bits per heavy atom. The van der Waals surface area contributed by atoms with Crippen molar-refractivity contribution in [2.75, 3.05) is 23.7 Å². The molecule has 1 unspecified atom stereocenters. The number of aromatic nitrogens is 2. The molecule has 1 amide bonds. The molecule has 1 aromatic carbocycles. The Balaban J connectivity index is 1.42. The van der Waals surface area contributed by atoms with Crippen molar-refractivity contribution in [3.8, 4) is 0 Å². The highest BCUT2D eigenvalue weighted by Crippen LogP contribution is 2.40. The molecule has 1 aliphatic carbocycles. The first-order chi connectivity index (χ1) is 19.4. The van der Waals surface area contributed by atoms with Crippen LogP contribution in [0.3, 0.4) is 0 Å². The van der Waals surface area contributed by atoms with Gasteiger partial charge in [-0.05, 0) is 79.9 Å². The normalized spacial score (nSPS) is 17.1. The van der Waals surface area contributed by atoms with Crippen LogP contribution >= 0.6 is 0 Å². The lowest BCUT2D eigenvalue weighted by atomic mass is 10.0. The molecule has 3 aromatic rings. The number of nitrogens with one attached hydrogen (secondary N) is 1. The molecule has 0 spiro atoms. The highest BCUT2D eigenvalue weighted by Gasteiger charge is 2.29. The van der Waals surface area contributed by atoms with Crippen LogP contribution in [0.1, 0.15) is 54.1 Å². The van der Waals surface area contributed by atoms with Crippen molar-refractivity contribution in [2.24, 2.45) is 4.99 Å². The van der Waals surface area contributed by atoms with Gasteiger partial charge in [0.15, 0.2) is 5.82 Å². The van der Waals surface area contributed by atoms with E-state index in [4.69, 9.17) is 5.73 Å². The first-order valence-electron chi connectivity index (χ1n) is 13.4. The Morgan fingerprint density at radius 1 is 1.23 bits per heavy atom. The maximum absolute atomic E-state index is 13.6. The molecule has 3 heterocycles. The number of aliphatic imine (C=N–C) groups is 1. The average molecular weight is 546 g/mol. The second kappa shape index (κ2) is 11.9. The standard InChI is InChI=1S/C30H33F2N7O/c1-3-27(40)38-15-12-21(13-16-38)36-24-9-6-19-17-22(7-8-23(19)24)39(18-20-5-4-14-35-29(20)33)30-26(34-2)11-10-25(37-30)28(31)32/h3-5,7-8,10-11,14,17,21,24,28,36H,1-2,6,9,12-13,15-16,18H2,(H2,33,35). The van der Waals surface area contributed by atoms with Crippen molar-refractivity contribution in [1.29, 1.82) is 0 Å². The van der Waals surface area contributed by atoms with E-state index in [0.717, 1.165) is 50.0 Å². The molecule has 208 valence electrons. The van der Waals surface area contributed by atoms with E-state index in [2.05, 4.69) is 45.7 Å². The zero-order valence-electron chi connectivity index (χ0n) is 22.3. The molecule has 0 radical (unpaired) electrons. The maximum Gasteiger partial charge on any atom is 0.280 e. The van der Waals surface area contributed by atoms with E-state index in [1.165, 1.54) is 29.3 Å². The molecule has 1 atom stereocenters. The smallest absolute Gasteiger partial charge is 0.280 e. The van der Waals surface area contributed by atoms with E-state index < -0.39 is 6.43 Å². The number of hydrogen-bond acceptors (Lipinski definition) is 7. The fraction of sp³-hybridized carbons (Fsp3) is 0.333. The number of pyridine rings is 2. The number of benzene rings is 1. The molecule has 0 bridgehead atoms. The molecule has 5 rings (SSSR count). The Labute approximate surface area is 232 Å². The number of aryl methyl sites for hydroxylation is 1. The van der Waals surface area contributed by atoms with Gasteiger partial charge < -0.3 is 20.9 Å². The summed E-state index contributed by atoms with van der Waals surface area (Å²) in [5.41, 5.74) is 10.2. The minimum Gasteiger partial charge on any atom is -0.383 e. The van der Waals surface area contributed by atoms with Crippen molar-refractivity contribution in [3.63, 3.8) is 0 Å². The van der Waals surface area contributed by atoms with Crippen molar-refractivity contribution in [2.45, 2.75) is 50.7 Å². The number of carbonyl (C=O) groups is 1. The van der Waals surface area contributed by atoms with Gasteiger partial charge in [0, 0.05) is 42.6 Å². The highest BCUT2D eigenvalue weighted by atomic mass is 19.3. The number of carbonyl (C=O) groups excluding carboxylic acids is 1. The number of hydrogen-bond donors (Lipinski definition) is 2. The minimum absolute atomic E-state index is 0.0156. The number of alkyl halides is 2. The van der Waals surface area contributed by atoms with Crippen LogP contribution < -0.4 is 16.0 Å². The predicted molar refractivity (Wildman–Crippen MR) is 153 cm³/mol. The SMILES string of the molecule is C=CC(=O)N1CCC(NC2CCc3cc(N(Cc4cccnc4N)c4nc(C(F)F)ccc4N=C)ccc32)CC1. The molecule has 1 saturated heterocycles. The summed E-state index contributed by atoms with van der Waals surface area (Å²) in [6.07, 6.45) is 3.89. The number of halogens is 2. The maximum atomic E-state index is 13.6. The second-order valence-corrected chi connectivity index (χ2v) is 10.1. The lowest BCUT2D eigenvalue weighted by Gasteiger charge is -2.33. The van der Waals surface area contributed by atoms with Gasteiger partial charge in [-0.1, -0.05) is 18.7 Å². The zero-order valence-corrected chi connectivity index (χ0v) is 22.3. The van der Waals surface area contributed by atoms with Crippen molar-refractivity contribution >= 4 is 35.6 Å². The number of nitrogens with zero attached hydrogens (tertiary/aromatic N) is 5. The molecule has 10 heteroatoms. The fourth-order valence-electron chi connectivity index (χ4n) is 5.57. The lowest BCUT2D eigenvalue weighted by molar-refractivity contribution is -0.127. The van der Waals surface area contributed by atoms with Crippen molar-refractivity contribution < 1.29 is 13.6 Å². The number of rotatable bonds is 9. The molecule has 8 nitrogen and oxygen atoms in total. The van der Waals surface area contributed by atoms with E-state index in [0.29, 0.717) is 17.5 Å². The van der Waals surface area contributed by atoms with Crippen LogP contribution in [0.2, 0.25) is 0 Å². The van der Waals surface area contributed by atoms with Crippen LogP contribution in [0.5, 0.6) is 0 Å². The fourth-order valence-corrected chi connectivity index (χ4v) is 5.57. The summed E-state index contributed by atoms with van der Waals surface area (Å²) in [6.45, 7) is 8.93.